The van der Waals surface area contributed by atoms with Crippen LogP contribution >= 0.6 is 0 Å². The van der Waals surface area contributed by atoms with E-state index in [1.807, 2.05) is 13.0 Å². The molecule has 0 saturated heterocycles. The Labute approximate surface area is 73.2 Å². The number of carbonyl (C=O) groups excluding carboxylic acids is 1. The summed E-state index contributed by atoms with van der Waals surface area (Å²) < 4.78 is 0. The average molecular weight is 169 g/mol. The summed E-state index contributed by atoms with van der Waals surface area (Å²) in [6.07, 6.45) is 0. The quantitative estimate of drug-likeness (QED) is 0.601. The van der Waals surface area contributed by atoms with Crippen LogP contribution in [0.5, 0.6) is 0 Å². The van der Waals surface area contributed by atoms with Crippen molar-refractivity contribution in [3.8, 4) is 6.07 Å². The Morgan fingerprint density at radius 2 is 2.33 bits per heavy atom. The normalized spacial score (nSPS) is 11.8. The topological polar surface area (TPSA) is 56.1 Å². The lowest BCUT2D eigenvalue weighted by Crippen LogP contribution is -2.43. The van der Waals surface area contributed by atoms with Crippen LogP contribution in [0.25, 0.3) is 0 Å². The summed E-state index contributed by atoms with van der Waals surface area (Å²) in [5.41, 5.74) is 0. The van der Waals surface area contributed by atoms with E-state index in [4.69, 9.17) is 5.26 Å². The Kier molecular flexibility index (Phi) is 5.06. The highest BCUT2D eigenvalue weighted by Crippen LogP contribution is 1.90. The van der Waals surface area contributed by atoms with Crippen molar-refractivity contribution in [1.82, 2.24) is 10.2 Å². The van der Waals surface area contributed by atoms with Crippen molar-refractivity contribution in [2.45, 2.75) is 19.9 Å². The summed E-state index contributed by atoms with van der Waals surface area (Å²) >= 11 is 0. The fraction of sp³-hybridized carbons (Fsp3) is 0.750. The van der Waals surface area contributed by atoms with Gasteiger partial charge >= 0.3 is 0 Å². The zero-order valence-corrected chi connectivity index (χ0v) is 7.79. The Morgan fingerprint density at radius 3 is 2.75 bits per heavy atom. The largest absolute Gasteiger partial charge is 0.345 e. The number of nitrogens with one attached hydrogen (secondary N) is 1. The van der Waals surface area contributed by atoms with E-state index >= 15 is 0 Å². The molecule has 0 spiro atoms. The SMILES string of the molecule is CCN(C)C(=O)C(C)NCC#N. The van der Waals surface area contributed by atoms with Gasteiger partial charge in [-0.2, -0.15) is 5.26 Å². The van der Waals surface area contributed by atoms with Gasteiger partial charge in [0.2, 0.25) is 5.91 Å². The van der Waals surface area contributed by atoms with E-state index in [1.54, 1.807) is 18.9 Å². The summed E-state index contributed by atoms with van der Waals surface area (Å²) in [6.45, 7) is 4.57. The van der Waals surface area contributed by atoms with Gasteiger partial charge < -0.3 is 4.90 Å². The van der Waals surface area contributed by atoms with E-state index < -0.39 is 0 Å². The maximum Gasteiger partial charge on any atom is 0.239 e. The molecule has 1 amide bonds. The fourth-order valence-electron chi connectivity index (χ4n) is 0.772. The predicted octanol–water partition coefficient (Wildman–Crippen LogP) is -0.0336. The van der Waals surface area contributed by atoms with Gasteiger partial charge in [0.05, 0.1) is 18.7 Å². The number of amides is 1. The molecule has 0 aliphatic carbocycles. The Morgan fingerprint density at radius 1 is 1.75 bits per heavy atom. The van der Waals surface area contributed by atoms with Gasteiger partial charge in [0, 0.05) is 13.6 Å². The van der Waals surface area contributed by atoms with Gasteiger partial charge in [-0.25, -0.2) is 0 Å². The molecule has 1 atom stereocenters. The Hall–Kier alpha value is -1.08. The van der Waals surface area contributed by atoms with Crippen molar-refractivity contribution in [2.24, 2.45) is 0 Å². The number of nitrogens with zero attached hydrogens (tertiary/aromatic N) is 2. The van der Waals surface area contributed by atoms with Gasteiger partial charge in [-0.1, -0.05) is 0 Å². The standard InChI is InChI=1S/C8H15N3O/c1-4-11(3)8(12)7(2)10-6-5-9/h7,10H,4,6H2,1-3H3. The molecule has 4 heteroatoms. The van der Waals surface area contributed by atoms with Gasteiger partial charge in [-0.3, -0.25) is 10.1 Å². The minimum atomic E-state index is -0.269. The third kappa shape index (κ3) is 3.35. The number of nitriles is 1. The van der Waals surface area contributed by atoms with Crippen LogP contribution in [0, 0.1) is 11.3 Å². The lowest BCUT2D eigenvalue weighted by atomic mass is 10.3. The highest BCUT2D eigenvalue weighted by atomic mass is 16.2. The minimum absolute atomic E-state index is 0.0211. The van der Waals surface area contributed by atoms with Crippen LogP contribution in [0.1, 0.15) is 13.8 Å². The summed E-state index contributed by atoms with van der Waals surface area (Å²) in [5, 5.41) is 11.1. The van der Waals surface area contributed by atoms with Crippen LogP contribution in [-0.2, 0) is 4.79 Å². The van der Waals surface area contributed by atoms with E-state index in [-0.39, 0.29) is 18.5 Å². The molecule has 0 bridgehead atoms. The molecule has 0 aromatic rings. The van der Waals surface area contributed by atoms with Crippen molar-refractivity contribution in [3.05, 3.63) is 0 Å². The van der Waals surface area contributed by atoms with Crippen LogP contribution in [-0.4, -0.2) is 37.0 Å². The van der Waals surface area contributed by atoms with E-state index in [2.05, 4.69) is 5.32 Å². The van der Waals surface area contributed by atoms with E-state index in [0.717, 1.165) is 0 Å². The maximum absolute atomic E-state index is 11.3. The van der Waals surface area contributed by atoms with Gasteiger partial charge in [0.25, 0.3) is 0 Å². The van der Waals surface area contributed by atoms with E-state index in [9.17, 15) is 4.79 Å². The van der Waals surface area contributed by atoms with Crippen molar-refractivity contribution in [2.75, 3.05) is 20.1 Å². The first-order valence-corrected chi connectivity index (χ1v) is 3.98. The molecule has 0 rings (SSSR count). The number of hydrogen-bond acceptors (Lipinski definition) is 3. The monoisotopic (exact) mass is 169 g/mol. The second-order valence-electron chi connectivity index (χ2n) is 2.61. The molecule has 0 saturated carbocycles. The zero-order chi connectivity index (χ0) is 9.56. The molecule has 4 nitrogen and oxygen atoms in total. The summed E-state index contributed by atoms with van der Waals surface area (Å²) in [4.78, 5) is 13.0. The highest BCUT2D eigenvalue weighted by Gasteiger charge is 2.14. The summed E-state index contributed by atoms with van der Waals surface area (Å²) in [6, 6.07) is 1.66. The molecule has 0 aromatic heterocycles. The number of likely N-dealkylation sites (N-methyl/N-ethyl adjacent to an activating group) is 1. The van der Waals surface area contributed by atoms with Crippen molar-refractivity contribution >= 4 is 5.91 Å². The molecule has 1 N–H and O–H groups in total. The third-order valence-electron chi connectivity index (χ3n) is 1.71. The molecule has 0 aromatic carbocycles. The van der Waals surface area contributed by atoms with Crippen LogP contribution in [0.15, 0.2) is 0 Å². The summed E-state index contributed by atoms with van der Waals surface area (Å²) in [5.74, 6) is 0.0211. The number of rotatable bonds is 4. The molecule has 12 heavy (non-hydrogen) atoms. The van der Waals surface area contributed by atoms with Gasteiger partial charge in [-0.15, -0.1) is 0 Å². The molecule has 0 aliphatic heterocycles. The Bertz CT molecular complexity index is 185. The highest BCUT2D eigenvalue weighted by molar-refractivity contribution is 5.81. The fourth-order valence-corrected chi connectivity index (χ4v) is 0.772. The molecule has 1 unspecified atom stereocenters. The van der Waals surface area contributed by atoms with Crippen LogP contribution < -0.4 is 5.32 Å². The van der Waals surface area contributed by atoms with Crippen molar-refractivity contribution in [3.63, 3.8) is 0 Å². The first-order valence-electron chi connectivity index (χ1n) is 3.98. The predicted molar refractivity (Wildman–Crippen MR) is 46.4 cm³/mol. The first kappa shape index (κ1) is 10.9. The minimum Gasteiger partial charge on any atom is -0.345 e. The average Bonchev–Trinajstić information content (AvgIpc) is 2.11. The van der Waals surface area contributed by atoms with Gasteiger partial charge in [0.1, 0.15) is 0 Å². The first-order chi connectivity index (χ1) is 5.63. The molecule has 68 valence electrons. The molecule has 0 aliphatic rings. The van der Waals surface area contributed by atoms with Gasteiger partial charge in [0.15, 0.2) is 0 Å². The van der Waals surface area contributed by atoms with E-state index in [0.29, 0.717) is 6.54 Å². The number of hydrogen-bond donors (Lipinski definition) is 1. The molecular formula is C8H15N3O. The van der Waals surface area contributed by atoms with Crippen molar-refractivity contribution in [1.29, 1.82) is 5.26 Å². The van der Waals surface area contributed by atoms with Crippen molar-refractivity contribution < 1.29 is 4.79 Å². The van der Waals surface area contributed by atoms with Gasteiger partial charge in [-0.05, 0) is 13.8 Å². The van der Waals surface area contributed by atoms with Crippen LogP contribution in [0.2, 0.25) is 0 Å². The number of carbonyl (C=O) groups is 1. The molecule has 0 heterocycles. The lowest BCUT2D eigenvalue weighted by Gasteiger charge is -2.19. The lowest BCUT2D eigenvalue weighted by molar-refractivity contribution is -0.131. The Balaban J connectivity index is 3.85. The smallest absolute Gasteiger partial charge is 0.239 e. The second-order valence-corrected chi connectivity index (χ2v) is 2.61. The van der Waals surface area contributed by atoms with E-state index in [1.165, 1.54) is 0 Å². The van der Waals surface area contributed by atoms with Crippen LogP contribution in [0.4, 0.5) is 0 Å². The van der Waals surface area contributed by atoms with Crippen LogP contribution in [0.3, 0.4) is 0 Å². The molecule has 0 fully saturated rings. The second kappa shape index (κ2) is 5.56. The molecule has 0 radical (unpaired) electrons. The molecular weight excluding hydrogens is 154 g/mol. The third-order valence-corrected chi connectivity index (χ3v) is 1.71. The summed E-state index contributed by atoms with van der Waals surface area (Å²) in [7, 11) is 1.74. The zero-order valence-electron chi connectivity index (χ0n) is 7.79. The maximum atomic E-state index is 11.3.